The van der Waals surface area contributed by atoms with Crippen LogP contribution in [0, 0.1) is 12.8 Å². The third-order valence-corrected chi connectivity index (χ3v) is 3.24. The van der Waals surface area contributed by atoms with E-state index in [1.165, 1.54) is 7.11 Å². The number of carbonyl (C=O) groups excluding carboxylic acids is 1. The first-order valence-electron chi connectivity index (χ1n) is 5.79. The Morgan fingerprint density at radius 2 is 2.18 bits per heavy atom. The topological polar surface area (TPSA) is 68.5 Å². The third-order valence-electron chi connectivity index (χ3n) is 3.24. The highest BCUT2D eigenvalue weighted by atomic mass is 16.6. The lowest BCUT2D eigenvalue weighted by Crippen LogP contribution is -2.36. The molecule has 0 bridgehead atoms. The molecule has 1 aromatic heterocycles. The molecule has 1 saturated heterocycles. The summed E-state index contributed by atoms with van der Waals surface area (Å²) in [5, 5.41) is 7.61. The average molecular weight is 239 g/mol. The lowest BCUT2D eigenvalue weighted by molar-refractivity contribution is -0.147. The molecule has 1 aliphatic heterocycles. The van der Waals surface area contributed by atoms with Gasteiger partial charge in [0.25, 0.3) is 0 Å². The van der Waals surface area contributed by atoms with E-state index in [1.54, 1.807) is 0 Å². The Bertz CT molecular complexity index is 383. The summed E-state index contributed by atoms with van der Waals surface area (Å²) in [5.41, 5.74) is 1.71. The highest BCUT2D eigenvalue weighted by Crippen LogP contribution is 2.20. The van der Waals surface area contributed by atoms with Gasteiger partial charge < -0.3 is 4.74 Å². The second-order valence-corrected chi connectivity index (χ2v) is 4.37. The first-order valence-corrected chi connectivity index (χ1v) is 5.79. The van der Waals surface area contributed by atoms with Gasteiger partial charge in [-0.05, 0) is 32.9 Å². The standard InChI is InChI=1S/C11H17N3O3/c1-8-10(13-17-12-8)7-14-5-3-9(4-6-14)11(15)16-2/h9H,3-7H2,1-2H3. The Labute approximate surface area is 99.9 Å². The summed E-state index contributed by atoms with van der Waals surface area (Å²) in [4.78, 5) is 13.6. The van der Waals surface area contributed by atoms with Crippen molar-refractivity contribution in [1.82, 2.24) is 15.2 Å². The van der Waals surface area contributed by atoms with E-state index in [0.717, 1.165) is 43.9 Å². The zero-order valence-electron chi connectivity index (χ0n) is 10.2. The number of esters is 1. The van der Waals surface area contributed by atoms with Gasteiger partial charge in [0, 0.05) is 6.54 Å². The minimum absolute atomic E-state index is 0.0489. The van der Waals surface area contributed by atoms with E-state index < -0.39 is 0 Å². The van der Waals surface area contributed by atoms with Crippen LogP contribution in [0.4, 0.5) is 0 Å². The predicted octanol–water partition coefficient (Wildman–Crippen LogP) is 0.763. The molecule has 1 aromatic rings. The lowest BCUT2D eigenvalue weighted by atomic mass is 9.97. The molecule has 0 saturated carbocycles. The van der Waals surface area contributed by atoms with Crippen LogP contribution in [0.5, 0.6) is 0 Å². The molecule has 6 heteroatoms. The first kappa shape index (κ1) is 12.0. The molecule has 0 atom stereocenters. The van der Waals surface area contributed by atoms with Gasteiger partial charge >= 0.3 is 5.97 Å². The minimum atomic E-state index is -0.0936. The van der Waals surface area contributed by atoms with Crippen molar-refractivity contribution < 1.29 is 14.2 Å². The van der Waals surface area contributed by atoms with Gasteiger partial charge in [0.2, 0.25) is 0 Å². The number of piperidine rings is 1. The quantitative estimate of drug-likeness (QED) is 0.725. The molecule has 0 amide bonds. The largest absolute Gasteiger partial charge is 0.469 e. The fraction of sp³-hybridized carbons (Fsp3) is 0.727. The van der Waals surface area contributed by atoms with Crippen LogP contribution < -0.4 is 0 Å². The summed E-state index contributed by atoms with van der Waals surface area (Å²) in [5.74, 6) is -0.0447. The number of ether oxygens (including phenoxy) is 1. The molecule has 1 fully saturated rings. The molecule has 94 valence electrons. The van der Waals surface area contributed by atoms with Crippen molar-refractivity contribution in [2.75, 3.05) is 20.2 Å². The van der Waals surface area contributed by atoms with Gasteiger partial charge in [0.15, 0.2) is 0 Å². The summed E-state index contributed by atoms with van der Waals surface area (Å²) >= 11 is 0. The van der Waals surface area contributed by atoms with E-state index >= 15 is 0 Å². The van der Waals surface area contributed by atoms with E-state index in [0.29, 0.717) is 0 Å². The first-order chi connectivity index (χ1) is 8.20. The summed E-state index contributed by atoms with van der Waals surface area (Å²) < 4.78 is 9.42. The molecule has 2 heterocycles. The zero-order chi connectivity index (χ0) is 12.3. The average Bonchev–Trinajstić information content (AvgIpc) is 2.75. The monoisotopic (exact) mass is 239 g/mol. The number of methoxy groups -OCH3 is 1. The number of aromatic nitrogens is 2. The van der Waals surface area contributed by atoms with Crippen LogP contribution in [0.15, 0.2) is 4.63 Å². The molecule has 17 heavy (non-hydrogen) atoms. The van der Waals surface area contributed by atoms with Gasteiger partial charge in [0.1, 0.15) is 11.4 Å². The maximum absolute atomic E-state index is 11.4. The molecule has 2 rings (SSSR count). The third kappa shape index (κ3) is 2.82. The van der Waals surface area contributed by atoms with Crippen molar-refractivity contribution in [3.05, 3.63) is 11.4 Å². The number of likely N-dealkylation sites (tertiary alicyclic amines) is 1. The van der Waals surface area contributed by atoms with Gasteiger partial charge in [0.05, 0.1) is 13.0 Å². The Hall–Kier alpha value is -1.43. The van der Waals surface area contributed by atoms with Crippen molar-refractivity contribution >= 4 is 5.97 Å². The van der Waals surface area contributed by atoms with Gasteiger partial charge in [-0.25, -0.2) is 4.63 Å². The van der Waals surface area contributed by atoms with Crippen molar-refractivity contribution in [3.8, 4) is 0 Å². The van der Waals surface area contributed by atoms with Gasteiger partial charge in [-0.15, -0.1) is 0 Å². The minimum Gasteiger partial charge on any atom is -0.469 e. The Morgan fingerprint density at radius 3 is 2.71 bits per heavy atom. The zero-order valence-corrected chi connectivity index (χ0v) is 10.2. The summed E-state index contributed by atoms with van der Waals surface area (Å²) in [7, 11) is 1.44. The maximum atomic E-state index is 11.4. The van der Waals surface area contributed by atoms with Crippen LogP contribution in [-0.2, 0) is 16.1 Å². The summed E-state index contributed by atoms with van der Waals surface area (Å²) in [6.45, 7) is 4.38. The van der Waals surface area contributed by atoms with Crippen LogP contribution >= 0.6 is 0 Å². The molecule has 6 nitrogen and oxygen atoms in total. The Balaban J connectivity index is 1.83. The van der Waals surface area contributed by atoms with Crippen LogP contribution in [0.25, 0.3) is 0 Å². The van der Waals surface area contributed by atoms with Crippen LogP contribution in [0.2, 0.25) is 0 Å². The number of hydrogen-bond donors (Lipinski definition) is 0. The molecular formula is C11H17N3O3. The summed E-state index contributed by atoms with van der Waals surface area (Å²) in [6.07, 6.45) is 1.69. The van der Waals surface area contributed by atoms with Gasteiger partial charge in [-0.1, -0.05) is 10.3 Å². The normalized spacial score (nSPS) is 18.2. The molecule has 0 N–H and O–H groups in total. The molecule has 0 spiro atoms. The molecule has 0 aromatic carbocycles. The van der Waals surface area contributed by atoms with Crippen molar-refractivity contribution in [3.63, 3.8) is 0 Å². The molecule has 0 aliphatic carbocycles. The van der Waals surface area contributed by atoms with Crippen LogP contribution in [0.3, 0.4) is 0 Å². The highest BCUT2D eigenvalue weighted by Gasteiger charge is 2.26. The molecule has 0 unspecified atom stereocenters. The van der Waals surface area contributed by atoms with E-state index in [4.69, 9.17) is 4.74 Å². The number of rotatable bonds is 3. The maximum Gasteiger partial charge on any atom is 0.308 e. The van der Waals surface area contributed by atoms with Gasteiger partial charge in [-0.3, -0.25) is 9.69 Å². The Kier molecular flexibility index (Phi) is 3.73. The number of aryl methyl sites for hydroxylation is 1. The number of carbonyl (C=O) groups is 1. The second-order valence-electron chi connectivity index (χ2n) is 4.37. The second kappa shape index (κ2) is 5.27. The van der Waals surface area contributed by atoms with E-state index in [1.807, 2.05) is 6.92 Å². The van der Waals surface area contributed by atoms with Crippen LogP contribution in [0.1, 0.15) is 24.2 Å². The SMILES string of the molecule is COC(=O)C1CCN(Cc2nonc2C)CC1. The van der Waals surface area contributed by atoms with E-state index in [-0.39, 0.29) is 11.9 Å². The van der Waals surface area contributed by atoms with Crippen molar-refractivity contribution in [1.29, 1.82) is 0 Å². The van der Waals surface area contributed by atoms with Crippen molar-refractivity contribution in [2.24, 2.45) is 5.92 Å². The number of hydrogen-bond acceptors (Lipinski definition) is 6. The fourth-order valence-corrected chi connectivity index (χ4v) is 2.10. The van der Waals surface area contributed by atoms with Gasteiger partial charge in [-0.2, -0.15) is 0 Å². The lowest BCUT2D eigenvalue weighted by Gasteiger charge is -2.29. The molecule has 0 radical (unpaired) electrons. The van der Waals surface area contributed by atoms with Crippen molar-refractivity contribution in [2.45, 2.75) is 26.3 Å². The highest BCUT2D eigenvalue weighted by molar-refractivity contribution is 5.72. The Morgan fingerprint density at radius 1 is 1.47 bits per heavy atom. The molecule has 1 aliphatic rings. The predicted molar refractivity (Wildman–Crippen MR) is 59.1 cm³/mol. The van der Waals surface area contributed by atoms with Crippen LogP contribution in [-0.4, -0.2) is 41.4 Å². The number of nitrogens with zero attached hydrogens (tertiary/aromatic N) is 3. The van der Waals surface area contributed by atoms with E-state index in [2.05, 4.69) is 19.8 Å². The van der Waals surface area contributed by atoms with E-state index in [9.17, 15) is 4.79 Å². The summed E-state index contributed by atoms with van der Waals surface area (Å²) in [6, 6.07) is 0. The molecular weight excluding hydrogens is 222 g/mol. The smallest absolute Gasteiger partial charge is 0.308 e. The fourth-order valence-electron chi connectivity index (χ4n) is 2.10.